The molecular formula is C3H8NOS-. The fourth-order valence-electron chi connectivity index (χ4n) is 0.185. The maximum atomic E-state index is 9.82. The predicted molar refractivity (Wildman–Crippen MR) is 25.9 cm³/mol. The average Bonchev–Trinajstić information content (AvgIpc) is 1.35. The van der Waals surface area contributed by atoms with E-state index in [2.05, 4.69) is 0 Å². The van der Waals surface area contributed by atoms with Gasteiger partial charge in [-0.2, -0.15) is 10.6 Å². The van der Waals surface area contributed by atoms with Crippen LogP contribution in [0.25, 0.3) is 0 Å². The van der Waals surface area contributed by atoms with Crippen LogP contribution in [0.3, 0.4) is 0 Å². The van der Waals surface area contributed by atoms with Crippen molar-refractivity contribution in [2.45, 2.75) is 13.3 Å². The minimum absolute atomic E-state index is 0.514. The average molecular weight is 106 g/mol. The second kappa shape index (κ2) is 3.15. The molecule has 0 saturated heterocycles. The van der Waals surface area contributed by atoms with Gasteiger partial charge in [-0.1, -0.05) is 19.1 Å². The van der Waals surface area contributed by atoms with Crippen LogP contribution in [0.2, 0.25) is 0 Å². The van der Waals surface area contributed by atoms with E-state index in [0.717, 1.165) is 6.42 Å². The first kappa shape index (κ1) is 5.95. The molecule has 0 aromatic rings. The largest absolute Gasteiger partial charge is 0.445 e. The fraction of sp³-hybridized carbons (Fsp3) is 1.00. The van der Waals surface area contributed by atoms with Crippen molar-refractivity contribution in [1.29, 1.82) is 4.78 Å². The molecule has 0 radical (unpaired) electrons. The Hall–Kier alpha value is -0.0500. The maximum Gasteiger partial charge on any atom is -0.0670 e. The molecule has 1 N–H and O–H groups in total. The van der Waals surface area contributed by atoms with Gasteiger partial charge in [0.2, 0.25) is 0 Å². The van der Waals surface area contributed by atoms with Gasteiger partial charge < -0.3 is 8.99 Å². The molecule has 0 rings (SSSR count). The molecule has 0 saturated carbocycles. The molecule has 0 aliphatic heterocycles. The van der Waals surface area contributed by atoms with Gasteiger partial charge >= 0.3 is 0 Å². The van der Waals surface area contributed by atoms with E-state index in [1.807, 2.05) is 6.92 Å². The van der Waals surface area contributed by atoms with Crippen molar-refractivity contribution in [3.05, 3.63) is 0 Å². The van der Waals surface area contributed by atoms with Crippen LogP contribution in [-0.2, 0) is 14.8 Å². The summed E-state index contributed by atoms with van der Waals surface area (Å²) in [5, 5.41) is 0. The van der Waals surface area contributed by atoms with Gasteiger partial charge in [-0.25, -0.2) is 0 Å². The Labute approximate surface area is 39.6 Å². The summed E-state index contributed by atoms with van der Waals surface area (Å²) in [4.78, 5) is 0. The normalized spacial score (nSPS) is 9.67. The number of rotatable bonds is 2. The van der Waals surface area contributed by atoms with Gasteiger partial charge in [0.15, 0.2) is 0 Å². The van der Waals surface area contributed by atoms with Crippen LogP contribution in [0.1, 0.15) is 13.3 Å². The summed E-state index contributed by atoms with van der Waals surface area (Å²) in [5.41, 5.74) is 0. The third-order valence-corrected chi connectivity index (χ3v) is 1.17. The summed E-state index contributed by atoms with van der Waals surface area (Å²) in [6, 6.07) is 0. The second-order valence-electron chi connectivity index (χ2n) is 1.05. The summed E-state index contributed by atoms with van der Waals surface area (Å²) in [6.07, 6.45) is 0.843. The molecule has 0 aliphatic carbocycles. The zero-order valence-corrected chi connectivity index (χ0v) is 4.55. The monoisotopic (exact) mass is 106 g/mol. The molecule has 0 atom stereocenters. The summed E-state index contributed by atoms with van der Waals surface area (Å²) in [6.45, 7) is 1.91. The zero-order valence-electron chi connectivity index (χ0n) is 3.73. The van der Waals surface area contributed by atoms with Gasteiger partial charge in [0, 0.05) is 0 Å². The molecule has 0 fully saturated rings. The molecular weight excluding hydrogens is 98.1 g/mol. The van der Waals surface area contributed by atoms with Gasteiger partial charge in [0.05, 0.1) is 0 Å². The Morgan fingerprint density at radius 2 is 2.33 bits per heavy atom. The van der Waals surface area contributed by atoms with Crippen molar-refractivity contribution in [3.63, 3.8) is 0 Å². The quantitative estimate of drug-likeness (QED) is 0.526. The second-order valence-corrected chi connectivity index (χ2v) is 2.15. The lowest BCUT2D eigenvalue weighted by Crippen LogP contribution is -1.76. The van der Waals surface area contributed by atoms with Gasteiger partial charge in [-0.3, -0.25) is 0 Å². The van der Waals surface area contributed by atoms with Crippen LogP contribution < -0.4 is 0 Å². The van der Waals surface area contributed by atoms with Crippen LogP contribution >= 0.6 is 0 Å². The molecule has 0 bridgehead atoms. The van der Waals surface area contributed by atoms with E-state index in [4.69, 9.17) is 4.78 Å². The van der Waals surface area contributed by atoms with Crippen LogP contribution in [0.5, 0.6) is 0 Å². The molecule has 6 heavy (non-hydrogen) atoms. The fourth-order valence-corrected chi connectivity index (χ4v) is 0.556. The van der Waals surface area contributed by atoms with E-state index in [9.17, 15) is 4.21 Å². The van der Waals surface area contributed by atoms with E-state index < -0.39 is 10.6 Å². The minimum atomic E-state index is -1.32. The molecule has 0 aliphatic rings. The molecule has 0 unspecified atom stereocenters. The van der Waals surface area contributed by atoms with Crippen molar-refractivity contribution >= 4 is 10.6 Å². The van der Waals surface area contributed by atoms with Crippen LogP contribution in [-0.4, -0.2) is 5.75 Å². The zero-order chi connectivity index (χ0) is 4.99. The Balaban J connectivity index is 3.07. The van der Waals surface area contributed by atoms with Crippen LogP contribution in [0.4, 0.5) is 0 Å². The summed E-state index contributed by atoms with van der Waals surface area (Å²) in [5.74, 6) is 0.514. The first-order chi connectivity index (χ1) is 2.77. The lowest BCUT2D eigenvalue weighted by Gasteiger charge is -1.88. The summed E-state index contributed by atoms with van der Waals surface area (Å²) < 4.78 is 16.3. The Morgan fingerprint density at radius 3 is 2.33 bits per heavy atom. The highest BCUT2D eigenvalue weighted by Crippen LogP contribution is 1.73. The van der Waals surface area contributed by atoms with Gasteiger partial charge in [-0.15, -0.1) is 0 Å². The Bertz CT molecular complexity index is 78.8. The van der Waals surface area contributed by atoms with E-state index in [0.29, 0.717) is 5.75 Å². The number of hydrogen-bond acceptors (Lipinski definition) is 3. The van der Waals surface area contributed by atoms with Crippen molar-refractivity contribution in [2.75, 3.05) is 5.75 Å². The minimum Gasteiger partial charge on any atom is -0.445 e. The first-order valence-corrected chi connectivity index (χ1v) is 3.19. The first-order valence-electron chi connectivity index (χ1n) is 1.87. The van der Waals surface area contributed by atoms with Crippen molar-refractivity contribution in [1.82, 2.24) is 0 Å². The Morgan fingerprint density at radius 1 is 1.83 bits per heavy atom. The highest BCUT2D eigenvalue weighted by atomic mass is 32.2. The highest BCUT2D eigenvalue weighted by Gasteiger charge is 1.61. The van der Waals surface area contributed by atoms with Gasteiger partial charge in [0.1, 0.15) is 0 Å². The molecule has 0 heterocycles. The predicted octanol–water partition coefficient (Wildman–Crippen LogP) is 1.12. The summed E-state index contributed by atoms with van der Waals surface area (Å²) in [7, 11) is -1.32. The SMILES string of the molecule is CCC[S-](=N)=O. The lowest BCUT2D eigenvalue weighted by atomic mass is 10.6. The van der Waals surface area contributed by atoms with E-state index in [1.54, 1.807) is 0 Å². The number of nitrogens with one attached hydrogen (secondary N) is 1. The van der Waals surface area contributed by atoms with E-state index in [1.165, 1.54) is 0 Å². The van der Waals surface area contributed by atoms with Crippen LogP contribution in [0, 0.1) is 4.78 Å². The molecule has 0 amide bonds. The molecule has 0 aromatic carbocycles. The standard InChI is InChI=1S/C3H8NOS/c1-2-3-6(4)5/h4H,2-3H2,1H3/q-1. The molecule has 38 valence electrons. The molecule has 3 heteroatoms. The van der Waals surface area contributed by atoms with Crippen molar-refractivity contribution in [2.24, 2.45) is 0 Å². The van der Waals surface area contributed by atoms with Gasteiger partial charge in [-0.05, 0) is 0 Å². The van der Waals surface area contributed by atoms with Crippen molar-refractivity contribution in [3.8, 4) is 0 Å². The van der Waals surface area contributed by atoms with E-state index >= 15 is 0 Å². The summed E-state index contributed by atoms with van der Waals surface area (Å²) >= 11 is 0. The van der Waals surface area contributed by atoms with Crippen molar-refractivity contribution < 1.29 is 4.21 Å². The maximum absolute atomic E-state index is 9.82. The Kier molecular flexibility index (Phi) is 3.13. The molecule has 0 spiro atoms. The third kappa shape index (κ3) is 3.95. The lowest BCUT2D eigenvalue weighted by molar-refractivity contribution is 0.598. The molecule has 2 nitrogen and oxygen atoms in total. The highest BCUT2D eigenvalue weighted by molar-refractivity contribution is 7.73. The van der Waals surface area contributed by atoms with Crippen LogP contribution in [0.15, 0.2) is 0 Å². The van der Waals surface area contributed by atoms with Gasteiger partial charge in [0.25, 0.3) is 0 Å². The molecule has 0 aromatic heterocycles. The third-order valence-electron chi connectivity index (χ3n) is 0.390. The van der Waals surface area contributed by atoms with E-state index in [-0.39, 0.29) is 0 Å². The topological polar surface area (TPSA) is 40.9 Å². The number of hydrogen-bond donors (Lipinski definition) is 1. The smallest absolute Gasteiger partial charge is 0.0670 e.